The van der Waals surface area contributed by atoms with Gasteiger partial charge in [-0.1, -0.05) is 55.0 Å². The molecule has 0 aliphatic heterocycles. The minimum absolute atomic E-state index is 0.120. The molecule has 2 rings (SSSR count). The summed E-state index contributed by atoms with van der Waals surface area (Å²) in [6.45, 7) is 3.60. The van der Waals surface area contributed by atoms with Crippen LogP contribution in [0.3, 0.4) is 0 Å². The van der Waals surface area contributed by atoms with Crippen LogP contribution in [0.2, 0.25) is 0 Å². The van der Waals surface area contributed by atoms with Gasteiger partial charge in [-0.3, -0.25) is 4.79 Å². The van der Waals surface area contributed by atoms with Gasteiger partial charge in [0.05, 0.1) is 16.9 Å². The van der Waals surface area contributed by atoms with Crippen molar-refractivity contribution in [3.05, 3.63) is 65.7 Å². The number of aryl methyl sites for hydroxylation is 1. The third kappa shape index (κ3) is 4.21. The van der Waals surface area contributed by atoms with Crippen LogP contribution in [0, 0.1) is 12.8 Å². The lowest BCUT2D eigenvalue weighted by Gasteiger charge is -2.24. The summed E-state index contributed by atoms with van der Waals surface area (Å²) in [5, 5.41) is 9.47. The Morgan fingerprint density at radius 3 is 2.17 bits per heavy atom. The summed E-state index contributed by atoms with van der Waals surface area (Å²) >= 11 is 0. The molecule has 0 fully saturated rings. The molecule has 0 aromatic heterocycles. The Morgan fingerprint density at radius 2 is 1.67 bits per heavy atom. The Bertz CT molecular complexity index is 786. The number of carbonyl (C=O) groups is 1. The molecule has 0 unspecified atom stereocenters. The molecule has 128 valence electrons. The first kappa shape index (κ1) is 18.2. The molecule has 0 aliphatic carbocycles. The molecule has 2 N–H and O–H groups in total. The number of benzene rings is 2. The molecular formula is C18H21NO4S. The second-order valence-electron chi connectivity index (χ2n) is 5.68. The first-order valence-corrected chi connectivity index (χ1v) is 9.20. The molecule has 0 saturated heterocycles. The lowest BCUT2D eigenvalue weighted by atomic mass is 9.92. The van der Waals surface area contributed by atoms with Crippen LogP contribution >= 0.6 is 0 Å². The van der Waals surface area contributed by atoms with E-state index in [1.54, 1.807) is 49.4 Å². The predicted octanol–water partition coefficient (Wildman–Crippen LogP) is 3.13. The number of carboxylic acids is 1. The van der Waals surface area contributed by atoms with Crippen LogP contribution in [-0.4, -0.2) is 19.5 Å². The van der Waals surface area contributed by atoms with Crippen molar-refractivity contribution in [1.82, 2.24) is 4.72 Å². The highest BCUT2D eigenvalue weighted by atomic mass is 32.2. The maximum absolute atomic E-state index is 12.7. The van der Waals surface area contributed by atoms with Gasteiger partial charge in [-0.15, -0.1) is 0 Å². The molecule has 24 heavy (non-hydrogen) atoms. The summed E-state index contributed by atoms with van der Waals surface area (Å²) in [5.41, 5.74) is 1.58. The van der Waals surface area contributed by atoms with E-state index in [-0.39, 0.29) is 4.90 Å². The van der Waals surface area contributed by atoms with Gasteiger partial charge in [0, 0.05) is 0 Å². The first-order chi connectivity index (χ1) is 11.3. The average Bonchev–Trinajstić information content (AvgIpc) is 2.55. The zero-order valence-electron chi connectivity index (χ0n) is 13.6. The van der Waals surface area contributed by atoms with Crippen LogP contribution in [0.4, 0.5) is 0 Å². The third-order valence-electron chi connectivity index (χ3n) is 3.93. The van der Waals surface area contributed by atoms with Gasteiger partial charge in [0.25, 0.3) is 0 Å². The quantitative estimate of drug-likeness (QED) is 0.806. The Hall–Kier alpha value is -2.18. The predicted molar refractivity (Wildman–Crippen MR) is 92.1 cm³/mol. The van der Waals surface area contributed by atoms with E-state index in [0.29, 0.717) is 12.0 Å². The monoisotopic (exact) mass is 347 g/mol. The topological polar surface area (TPSA) is 83.5 Å². The zero-order chi connectivity index (χ0) is 17.7. The summed E-state index contributed by atoms with van der Waals surface area (Å²) < 4.78 is 27.9. The normalized spacial score (nSPS) is 14.1. The molecule has 6 heteroatoms. The Morgan fingerprint density at radius 1 is 1.08 bits per heavy atom. The van der Waals surface area contributed by atoms with Gasteiger partial charge in [0.1, 0.15) is 0 Å². The second-order valence-corrected chi connectivity index (χ2v) is 7.39. The number of hydrogen-bond acceptors (Lipinski definition) is 3. The van der Waals surface area contributed by atoms with Crippen LogP contribution in [-0.2, 0) is 14.8 Å². The minimum atomic E-state index is -3.83. The van der Waals surface area contributed by atoms with Crippen molar-refractivity contribution in [2.45, 2.75) is 31.2 Å². The van der Waals surface area contributed by atoms with E-state index < -0.39 is 28.0 Å². The van der Waals surface area contributed by atoms with Crippen LogP contribution < -0.4 is 4.72 Å². The molecule has 0 radical (unpaired) electrons. The van der Waals surface area contributed by atoms with Crippen LogP contribution in [0.5, 0.6) is 0 Å². The summed E-state index contributed by atoms with van der Waals surface area (Å²) in [5.74, 6) is -1.88. The Labute approximate surface area is 142 Å². The van der Waals surface area contributed by atoms with Crippen molar-refractivity contribution in [2.24, 2.45) is 5.92 Å². The van der Waals surface area contributed by atoms with Gasteiger partial charge < -0.3 is 5.11 Å². The highest BCUT2D eigenvalue weighted by Gasteiger charge is 2.32. The molecule has 2 atom stereocenters. The molecular weight excluding hydrogens is 326 g/mol. The lowest BCUT2D eigenvalue weighted by Crippen LogP contribution is -2.36. The van der Waals surface area contributed by atoms with E-state index >= 15 is 0 Å². The van der Waals surface area contributed by atoms with E-state index in [1.165, 1.54) is 12.1 Å². The fourth-order valence-electron chi connectivity index (χ4n) is 2.55. The van der Waals surface area contributed by atoms with Crippen LogP contribution in [0.15, 0.2) is 59.5 Å². The molecule has 0 spiro atoms. The van der Waals surface area contributed by atoms with E-state index in [0.717, 1.165) is 5.56 Å². The molecule has 2 aromatic carbocycles. The molecule has 0 amide bonds. The number of hydrogen-bond donors (Lipinski definition) is 2. The fraction of sp³-hybridized carbons (Fsp3) is 0.278. The largest absolute Gasteiger partial charge is 0.481 e. The van der Waals surface area contributed by atoms with E-state index in [1.807, 2.05) is 6.92 Å². The van der Waals surface area contributed by atoms with Crippen LogP contribution in [0.25, 0.3) is 0 Å². The number of carboxylic acid groups (broad SMARTS) is 1. The van der Waals surface area contributed by atoms with Crippen molar-refractivity contribution in [3.63, 3.8) is 0 Å². The maximum atomic E-state index is 12.7. The highest BCUT2D eigenvalue weighted by Crippen LogP contribution is 2.27. The molecule has 0 saturated carbocycles. The summed E-state index contributed by atoms with van der Waals surface area (Å²) in [7, 11) is -3.83. The zero-order valence-corrected chi connectivity index (χ0v) is 14.5. The van der Waals surface area contributed by atoms with Gasteiger partial charge in [-0.05, 0) is 31.0 Å². The maximum Gasteiger partial charge on any atom is 0.308 e. The van der Waals surface area contributed by atoms with Gasteiger partial charge in [-0.25, -0.2) is 13.1 Å². The number of aliphatic carboxylic acids is 1. The first-order valence-electron chi connectivity index (χ1n) is 7.72. The fourth-order valence-corrected chi connectivity index (χ4v) is 3.81. The number of sulfonamides is 1. The van der Waals surface area contributed by atoms with Gasteiger partial charge in [0.2, 0.25) is 10.0 Å². The average molecular weight is 347 g/mol. The van der Waals surface area contributed by atoms with Crippen LogP contribution in [0.1, 0.15) is 30.5 Å². The molecule has 0 heterocycles. The molecule has 0 bridgehead atoms. The number of nitrogens with one attached hydrogen (secondary N) is 1. The van der Waals surface area contributed by atoms with Crippen molar-refractivity contribution >= 4 is 16.0 Å². The lowest BCUT2D eigenvalue weighted by molar-refractivity contribution is -0.142. The second kappa shape index (κ2) is 7.59. The molecule has 2 aromatic rings. The Kier molecular flexibility index (Phi) is 5.75. The smallest absolute Gasteiger partial charge is 0.308 e. The van der Waals surface area contributed by atoms with Gasteiger partial charge >= 0.3 is 5.97 Å². The number of rotatable bonds is 7. The van der Waals surface area contributed by atoms with E-state index in [9.17, 15) is 18.3 Å². The summed E-state index contributed by atoms with van der Waals surface area (Å²) in [6, 6.07) is 14.4. The molecule has 5 nitrogen and oxygen atoms in total. The minimum Gasteiger partial charge on any atom is -0.481 e. The van der Waals surface area contributed by atoms with Crippen molar-refractivity contribution in [1.29, 1.82) is 0 Å². The van der Waals surface area contributed by atoms with Crippen molar-refractivity contribution < 1.29 is 18.3 Å². The van der Waals surface area contributed by atoms with Gasteiger partial charge in [0.15, 0.2) is 0 Å². The van der Waals surface area contributed by atoms with E-state index in [4.69, 9.17) is 0 Å². The summed E-state index contributed by atoms with van der Waals surface area (Å²) in [6.07, 6.45) is 0.311. The SMILES string of the molecule is CC[C@@H](C(=O)O)[C@H](NS(=O)(=O)c1ccc(C)cc1)c1ccccc1. The van der Waals surface area contributed by atoms with Crippen molar-refractivity contribution in [2.75, 3.05) is 0 Å². The Balaban J connectivity index is 2.41. The third-order valence-corrected chi connectivity index (χ3v) is 5.39. The van der Waals surface area contributed by atoms with E-state index in [2.05, 4.69) is 4.72 Å². The van der Waals surface area contributed by atoms with Crippen molar-refractivity contribution in [3.8, 4) is 0 Å². The standard InChI is InChI=1S/C18H21NO4S/c1-3-16(18(20)21)17(14-7-5-4-6-8-14)19-24(22,23)15-11-9-13(2)10-12-15/h4-12,16-17,19H,3H2,1-2H3,(H,20,21)/t16-,17-/m1/s1. The summed E-state index contributed by atoms with van der Waals surface area (Å²) in [4.78, 5) is 11.7. The van der Waals surface area contributed by atoms with Gasteiger partial charge in [-0.2, -0.15) is 0 Å². The molecule has 0 aliphatic rings. The highest BCUT2D eigenvalue weighted by molar-refractivity contribution is 7.89.